The molecular formula is C19H18N2O3. The van der Waals surface area contributed by atoms with Crippen molar-refractivity contribution >= 4 is 11.6 Å². The number of oxazole rings is 1. The van der Waals surface area contributed by atoms with Crippen molar-refractivity contribution in [1.29, 1.82) is 0 Å². The third-order valence-corrected chi connectivity index (χ3v) is 3.60. The van der Waals surface area contributed by atoms with Crippen molar-refractivity contribution in [2.45, 2.75) is 19.4 Å². The van der Waals surface area contributed by atoms with Crippen LogP contribution >= 0.6 is 0 Å². The van der Waals surface area contributed by atoms with Gasteiger partial charge in [-0.05, 0) is 25.1 Å². The molecule has 1 atom stereocenters. The van der Waals surface area contributed by atoms with Crippen molar-refractivity contribution in [2.75, 3.05) is 5.32 Å². The van der Waals surface area contributed by atoms with Crippen molar-refractivity contribution in [3.05, 3.63) is 72.1 Å². The van der Waals surface area contributed by atoms with Gasteiger partial charge in [0.2, 0.25) is 11.8 Å². The van der Waals surface area contributed by atoms with Crippen LogP contribution in [-0.4, -0.2) is 16.0 Å². The number of hydrogen-bond donors (Lipinski definition) is 2. The predicted octanol–water partition coefficient (Wildman–Crippen LogP) is 3.58. The van der Waals surface area contributed by atoms with E-state index >= 15 is 0 Å². The summed E-state index contributed by atoms with van der Waals surface area (Å²) in [5.74, 6) is 0.277. The molecule has 1 unspecified atom stereocenters. The first-order valence-corrected chi connectivity index (χ1v) is 7.70. The summed E-state index contributed by atoms with van der Waals surface area (Å²) in [4.78, 5) is 16.6. The Hall–Kier alpha value is -2.92. The van der Waals surface area contributed by atoms with E-state index < -0.39 is 6.10 Å². The largest absolute Gasteiger partial charge is 0.444 e. The molecule has 0 saturated carbocycles. The number of carbonyl (C=O) groups is 1. The molecule has 1 heterocycles. The Bertz CT molecular complexity index is 825. The number of benzene rings is 2. The zero-order valence-corrected chi connectivity index (χ0v) is 13.3. The van der Waals surface area contributed by atoms with Crippen molar-refractivity contribution < 1.29 is 14.3 Å². The first kappa shape index (κ1) is 16.0. The maximum absolute atomic E-state index is 12.2. The standard InChI is InChI=1S/C19H18N2O3/c1-13(22)16-9-5-6-10-17(16)21-18(23)11-15-12-24-19(20-15)14-7-3-2-4-8-14/h2-10,12-13,22H,11H2,1H3,(H,21,23). The van der Waals surface area contributed by atoms with Gasteiger partial charge in [-0.15, -0.1) is 0 Å². The molecule has 0 fully saturated rings. The molecule has 0 bridgehead atoms. The first-order chi connectivity index (χ1) is 11.6. The van der Waals surface area contributed by atoms with Gasteiger partial charge in [0.15, 0.2) is 0 Å². The van der Waals surface area contributed by atoms with Crippen LogP contribution in [0.5, 0.6) is 0 Å². The summed E-state index contributed by atoms with van der Waals surface area (Å²) in [5.41, 5.74) is 2.70. The molecule has 0 radical (unpaired) electrons. The Labute approximate surface area is 140 Å². The lowest BCUT2D eigenvalue weighted by atomic mass is 10.1. The summed E-state index contributed by atoms with van der Waals surface area (Å²) >= 11 is 0. The summed E-state index contributed by atoms with van der Waals surface area (Å²) < 4.78 is 5.43. The van der Waals surface area contributed by atoms with Crippen LogP contribution in [0, 0.1) is 0 Å². The number of nitrogens with zero attached hydrogens (tertiary/aromatic N) is 1. The molecule has 0 saturated heterocycles. The fourth-order valence-corrected chi connectivity index (χ4v) is 2.44. The van der Waals surface area contributed by atoms with E-state index in [1.54, 1.807) is 19.1 Å². The van der Waals surface area contributed by atoms with E-state index in [-0.39, 0.29) is 12.3 Å². The van der Waals surface area contributed by atoms with E-state index in [1.807, 2.05) is 42.5 Å². The van der Waals surface area contributed by atoms with Crippen molar-refractivity contribution in [3.63, 3.8) is 0 Å². The van der Waals surface area contributed by atoms with Crippen LogP contribution in [0.2, 0.25) is 0 Å². The Morgan fingerprint density at radius 1 is 1.17 bits per heavy atom. The van der Waals surface area contributed by atoms with Gasteiger partial charge in [-0.1, -0.05) is 36.4 Å². The number of amides is 1. The number of hydrogen-bond acceptors (Lipinski definition) is 4. The van der Waals surface area contributed by atoms with Crippen LogP contribution in [0.15, 0.2) is 65.3 Å². The molecule has 5 nitrogen and oxygen atoms in total. The fraction of sp³-hybridized carbons (Fsp3) is 0.158. The number of anilines is 1. The third kappa shape index (κ3) is 3.70. The van der Waals surface area contributed by atoms with Gasteiger partial charge in [0, 0.05) is 16.8 Å². The average molecular weight is 322 g/mol. The first-order valence-electron chi connectivity index (χ1n) is 7.70. The highest BCUT2D eigenvalue weighted by Crippen LogP contribution is 2.23. The molecule has 0 aliphatic rings. The quantitative estimate of drug-likeness (QED) is 0.753. The molecule has 3 aromatic rings. The number of para-hydroxylation sites is 1. The molecule has 0 aliphatic heterocycles. The zero-order chi connectivity index (χ0) is 16.9. The van der Waals surface area contributed by atoms with Crippen LogP contribution in [0.3, 0.4) is 0 Å². The fourth-order valence-electron chi connectivity index (χ4n) is 2.44. The van der Waals surface area contributed by atoms with Crippen LogP contribution in [0.1, 0.15) is 24.3 Å². The van der Waals surface area contributed by atoms with Crippen molar-refractivity contribution in [3.8, 4) is 11.5 Å². The molecule has 2 N–H and O–H groups in total. The number of aliphatic hydroxyl groups is 1. The molecule has 0 aliphatic carbocycles. The summed E-state index contributed by atoms with van der Waals surface area (Å²) in [5, 5.41) is 12.6. The van der Waals surface area contributed by atoms with Gasteiger partial charge in [-0.2, -0.15) is 0 Å². The van der Waals surface area contributed by atoms with E-state index in [0.29, 0.717) is 22.8 Å². The molecule has 1 amide bonds. The smallest absolute Gasteiger partial charge is 0.230 e. The second-order valence-corrected chi connectivity index (χ2v) is 5.50. The molecule has 122 valence electrons. The highest BCUT2D eigenvalue weighted by molar-refractivity contribution is 5.92. The number of aliphatic hydroxyl groups excluding tert-OH is 1. The van der Waals surface area contributed by atoms with Gasteiger partial charge >= 0.3 is 0 Å². The number of nitrogens with one attached hydrogen (secondary N) is 1. The van der Waals surface area contributed by atoms with Crippen molar-refractivity contribution in [2.24, 2.45) is 0 Å². The van der Waals surface area contributed by atoms with Crippen LogP contribution < -0.4 is 5.32 Å². The van der Waals surface area contributed by atoms with E-state index in [9.17, 15) is 9.90 Å². The minimum Gasteiger partial charge on any atom is -0.444 e. The normalized spacial score (nSPS) is 11.9. The third-order valence-electron chi connectivity index (χ3n) is 3.60. The van der Waals surface area contributed by atoms with E-state index in [2.05, 4.69) is 10.3 Å². The Balaban J connectivity index is 1.69. The van der Waals surface area contributed by atoms with Gasteiger partial charge in [0.25, 0.3) is 0 Å². The van der Waals surface area contributed by atoms with E-state index in [1.165, 1.54) is 6.26 Å². The summed E-state index contributed by atoms with van der Waals surface area (Å²) in [6.45, 7) is 1.66. The topological polar surface area (TPSA) is 75.4 Å². The lowest BCUT2D eigenvalue weighted by Gasteiger charge is -2.12. The van der Waals surface area contributed by atoms with Crippen LogP contribution in [0.25, 0.3) is 11.5 Å². The molecular weight excluding hydrogens is 304 g/mol. The SMILES string of the molecule is CC(O)c1ccccc1NC(=O)Cc1coc(-c2ccccc2)n1. The predicted molar refractivity (Wildman–Crippen MR) is 91.3 cm³/mol. The monoisotopic (exact) mass is 322 g/mol. The number of aromatic nitrogens is 1. The van der Waals surface area contributed by atoms with Gasteiger partial charge in [0.05, 0.1) is 18.2 Å². The molecule has 5 heteroatoms. The summed E-state index contributed by atoms with van der Waals surface area (Å²) in [6.07, 6.45) is 0.936. The highest BCUT2D eigenvalue weighted by atomic mass is 16.3. The maximum atomic E-state index is 12.2. The summed E-state index contributed by atoms with van der Waals surface area (Å²) in [7, 11) is 0. The van der Waals surface area contributed by atoms with Gasteiger partial charge < -0.3 is 14.8 Å². The Morgan fingerprint density at radius 3 is 2.62 bits per heavy atom. The van der Waals surface area contributed by atoms with E-state index in [4.69, 9.17) is 4.42 Å². The molecule has 2 aromatic carbocycles. The van der Waals surface area contributed by atoms with Gasteiger partial charge in [0.1, 0.15) is 6.26 Å². The van der Waals surface area contributed by atoms with Crippen LogP contribution in [0.4, 0.5) is 5.69 Å². The lowest BCUT2D eigenvalue weighted by Crippen LogP contribution is -2.16. The second-order valence-electron chi connectivity index (χ2n) is 5.50. The second kappa shape index (κ2) is 7.10. The number of carbonyl (C=O) groups excluding carboxylic acids is 1. The Morgan fingerprint density at radius 2 is 1.88 bits per heavy atom. The van der Waals surface area contributed by atoms with E-state index in [0.717, 1.165) is 5.56 Å². The van der Waals surface area contributed by atoms with Crippen molar-refractivity contribution in [1.82, 2.24) is 4.98 Å². The minimum absolute atomic E-state index is 0.102. The summed E-state index contributed by atoms with van der Waals surface area (Å²) in [6, 6.07) is 16.7. The Kier molecular flexibility index (Phi) is 4.72. The maximum Gasteiger partial charge on any atom is 0.230 e. The molecule has 3 rings (SSSR count). The molecule has 0 spiro atoms. The molecule has 1 aromatic heterocycles. The van der Waals surface area contributed by atoms with Gasteiger partial charge in [-0.25, -0.2) is 4.98 Å². The van der Waals surface area contributed by atoms with Gasteiger partial charge in [-0.3, -0.25) is 4.79 Å². The zero-order valence-electron chi connectivity index (χ0n) is 13.3. The number of rotatable bonds is 5. The van der Waals surface area contributed by atoms with Crippen LogP contribution in [-0.2, 0) is 11.2 Å². The minimum atomic E-state index is -0.654. The highest BCUT2D eigenvalue weighted by Gasteiger charge is 2.13. The lowest BCUT2D eigenvalue weighted by molar-refractivity contribution is -0.115. The average Bonchev–Trinajstić information content (AvgIpc) is 3.04. The molecule has 24 heavy (non-hydrogen) atoms.